The molecule has 0 aromatic heterocycles. The molecule has 0 radical (unpaired) electrons. The van der Waals surface area contributed by atoms with Gasteiger partial charge in [0.2, 0.25) is 0 Å². The molecule has 4 aliphatic carbocycles. The Hall–Kier alpha value is -1.10. The van der Waals surface area contributed by atoms with E-state index in [9.17, 15) is 14.7 Å². The van der Waals surface area contributed by atoms with Gasteiger partial charge in [-0.3, -0.25) is 9.59 Å². The Morgan fingerprint density at radius 3 is 1.65 bits per heavy atom. The van der Waals surface area contributed by atoms with Gasteiger partial charge in [-0.15, -0.1) is 0 Å². The van der Waals surface area contributed by atoms with Gasteiger partial charge in [0.25, 0.3) is 0 Å². The molecular weight excluding hydrogens is 260 g/mol. The summed E-state index contributed by atoms with van der Waals surface area (Å²) in [5.74, 6) is -0.672. The lowest BCUT2D eigenvalue weighted by atomic mass is 9.45. The first kappa shape index (κ1) is 13.9. The fourth-order valence-electron chi connectivity index (χ4n) is 5.71. The zero-order chi connectivity index (χ0) is 14.8. The Morgan fingerprint density at radius 2 is 1.30 bits per heavy atom. The van der Waals surface area contributed by atoms with E-state index in [-0.39, 0.29) is 17.4 Å². The van der Waals surface area contributed by atoms with Crippen molar-refractivity contribution >= 4 is 11.9 Å². The number of rotatable bonds is 2. The van der Waals surface area contributed by atoms with Crippen LogP contribution in [0.4, 0.5) is 0 Å². The van der Waals surface area contributed by atoms with Crippen LogP contribution < -0.4 is 0 Å². The summed E-state index contributed by atoms with van der Waals surface area (Å²) in [6, 6.07) is 0. The third-order valence-corrected chi connectivity index (χ3v) is 4.92. The fraction of sp³-hybridized carbons (Fsp3) is 0.867. The van der Waals surface area contributed by atoms with Gasteiger partial charge in [0, 0.05) is 33.1 Å². The standard InChI is InChI=1S/C15H22O5/c1-10(16)19-14-5-12(3)4-13(18,7-14)8-15(6-12,9-14)20-11(2)17/h18H,4-9H2,1-3H3. The number of esters is 2. The molecule has 4 saturated carbocycles. The summed E-state index contributed by atoms with van der Waals surface area (Å²) < 4.78 is 11.2. The SMILES string of the molecule is CC(=O)OC12CC3(C)CC(O)(C1)CC(OC(C)=O)(C3)C2. The maximum absolute atomic E-state index is 11.5. The number of hydrogen-bond acceptors (Lipinski definition) is 5. The zero-order valence-electron chi connectivity index (χ0n) is 12.3. The number of aliphatic hydroxyl groups is 1. The summed E-state index contributed by atoms with van der Waals surface area (Å²) >= 11 is 0. The minimum Gasteiger partial charge on any atom is -0.459 e. The van der Waals surface area contributed by atoms with Crippen LogP contribution in [0.3, 0.4) is 0 Å². The Bertz CT molecular complexity index is 427. The van der Waals surface area contributed by atoms with Crippen molar-refractivity contribution in [3.8, 4) is 0 Å². The van der Waals surface area contributed by atoms with E-state index in [1.54, 1.807) is 0 Å². The topological polar surface area (TPSA) is 72.8 Å². The molecule has 0 amide bonds. The van der Waals surface area contributed by atoms with Gasteiger partial charge >= 0.3 is 11.9 Å². The fourth-order valence-corrected chi connectivity index (χ4v) is 5.71. The smallest absolute Gasteiger partial charge is 0.303 e. The van der Waals surface area contributed by atoms with Crippen LogP contribution in [0.25, 0.3) is 0 Å². The predicted octanol–water partition coefficient (Wildman–Crippen LogP) is 1.71. The second-order valence-corrected chi connectivity index (χ2v) is 7.65. The molecule has 0 aliphatic heterocycles. The highest BCUT2D eigenvalue weighted by Crippen LogP contribution is 2.66. The molecule has 5 heteroatoms. The van der Waals surface area contributed by atoms with Gasteiger partial charge in [-0.05, 0) is 24.7 Å². The van der Waals surface area contributed by atoms with Crippen LogP contribution >= 0.6 is 0 Å². The van der Waals surface area contributed by atoms with Crippen LogP contribution in [-0.4, -0.2) is 33.8 Å². The van der Waals surface area contributed by atoms with Gasteiger partial charge < -0.3 is 14.6 Å². The number of carbonyl (C=O) groups excluding carboxylic acids is 2. The highest BCUT2D eigenvalue weighted by atomic mass is 16.6. The number of carbonyl (C=O) groups is 2. The third-order valence-electron chi connectivity index (χ3n) is 4.92. The van der Waals surface area contributed by atoms with Crippen LogP contribution in [0, 0.1) is 5.41 Å². The second kappa shape index (κ2) is 3.75. The Morgan fingerprint density at radius 1 is 0.850 bits per heavy atom. The first-order valence-electron chi connectivity index (χ1n) is 7.19. The predicted molar refractivity (Wildman–Crippen MR) is 69.8 cm³/mol. The van der Waals surface area contributed by atoms with Crippen LogP contribution in [-0.2, 0) is 19.1 Å². The molecule has 4 aliphatic rings. The van der Waals surface area contributed by atoms with Crippen molar-refractivity contribution in [3.05, 3.63) is 0 Å². The van der Waals surface area contributed by atoms with Crippen molar-refractivity contribution in [1.82, 2.24) is 0 Å². The molecule has 4 fully saturated rings. The summed E-state index contributed by atoms with van der Waals surface area (Å²) in [6.07, 6.45) is 3.59. The minimum atomic E-state index is -0.894. The van der Waals surface area contributed by atoms with Crippen LogP contribution in [0.5, 0.6) is 0 Å². The lowest BCUT2D eigenvalue weighted by Gasteiger charge is -2.66. The Labute approximate surface area is 118 Å². The van der Waals surface area contributed by atoms with Crippen molar-refractivity contribution in [1.29, 1.82) is 0 Å². The highest BCUT2D eigenvalue weighted by Gasteiger charge is 2.69. The van der Waals surface area contributed by atoms with Crippen molar-refractivity contribution in [2.24, 2.45) is 5.41 Å². The average Bonchev–Trinajstić information content (AvgIpc) is 2.03. The summed E-state index contributed by atoms with van der Waals surface area (Å²) in [5.41, 5.74) is -2.40. The van der Waals surface area contributed by atoms with Crippen LogP contribution in [0.2, 0.25) is 0 Å². The molecule has 4 rings (SSSR count). The van der Waals surface area contributed by atoms with E-state index in [4.69, 9.17) is 9.47 Å². The van der Waals surface area contributed by atoms with Crippen molar-refractivity contribution in [2.75, 3.05) is 0 Å². The summed E-state index contributed by atoms with van der Waals surface area (Å²) in [5, 5.41) is 10.8. The quantitative estimate of drug-likeness (QED) is 0.781. The normalized spacial score (nSPS) is 49.0. The monoisotopic (exact) mass is 282 g/mol. The second-order valence-electron chi connectivity index (χ2n) is 7.65. The van der Waals surface area contributed by atoms with Gasteiger partial charge in [-0.2, -0.15) is 0 Å². The van der Waals surface area contributed by atoms with Crippen LogP contribution in [0.15, 0.2) is 0 Å². The largest absolute Gasteiger partial charge is 0.459 e. The lowest BCUT2D eigenvalue weighted by molar-refractivity contribution is -0.285. The average molecular weight is 282 g/mol. The molecule has 2 unspecified atom stereocenters. The maximum Gasteiger partial charge on any atom is 0.303 e. The van der Waals surface area contributed by atoms with Crippen LogP contribution in [0.1, 0.15) is 59.3 Å². The highest BCUT2D eigenvalue weighted by molar-refractivity contribution is 5.67. The van der Waals surface area contributed by atoms with E-state index in [0.29, 0.717) is 25.7 Å². The number of ether oxygens (including phenoxy) is 2. The van der Waals surface area contributed by atoms with Gasteiger partial charge in [0.15, 0.2) is 0 Å². The minimum absolute atomic E-state index is 0.144. The molecule has 112 valence electrons. The van der Waals surface area contributed by atoms with E-state index in [0.717, 1.165) is 12.8 Å². The molecule has 0 aromatic carbocycles. The summed E-state index contributed by atoms with van der Waals surface area (Å²) in [4.78, 5) is 22.9. The van der Waals surface area contributed by atoms with Crippen molar-refractivity contribution in [2.45, 2.75) is 76.1 Å². The van der Waals surface area contributed by atoms with Gasteiger partial charge in [-0.1, -0.05) is 6.92 Å². The first-order valence-corrected chi connectivity index (χ1v) is 7.19. The van der Waals surface area contributed by atoms with E-state index in [2.05, 4.69) is 6.92 Å². The van der Waals surface area contributed by atoms with E-state index in [1.807, 2.05) is 0 Å². The van der Waals surface area contributed by atoms with Crippen molar-refractivity contribution < 1.29 is 24.2 Å². The zero-order valence-corrected chi connectivity index (χ0v) is 12.3. The van der Waals surface area contributed by atoms with Crippen molar-refractivity contribution in [3.63, 3.8) is 0 Å². The molecule has 4 bridgehead atoms. The molecule has 5 nitrogen and oxygen atoms in total. The molecule has 0 aromatic rings. The summed E-state index contributed by atoms with van der Waals surface area (Å²) in [6.45, 7) is 4.87. The Balaban J connectivity index is 2.00. The van der Waals surface area contributed by atoms with E-state index >= 15 is 0 Å². The molecule has 1 N–H and O–H groups in total. The Kier molecular flexibility index (Phi) is 2.60. The van der Waals surface area contributed by atoms with Gasteiger partial charge in [0.05, 0.1) is 5.60 Å². The molecular formula is C15H22O5. The van der Waals surface area contributed by atoms with E-state index in [1.165, 1.54) is 13.8 Å². The molecule has 0 heterocycles. The van der Waals surface area contributed by atoms with Gasteiger partial charge in [0.1, 0.15) is 11.2 Å². The third kappa shape index (κ3) is 2.12. The first-order chi connectivity index (χ1) is 9.08. The lowest BCUT2D eigenvalue weighted by Crippen LogP contribution is -2.70. The molecule has 0 saturated heterocycles. The molecule has 2 atom stereocenters. The maximum atomic E-state index is 11.5. The molecule has 20 heavy (non-hydrogen) atoms. The number of hydrogen-bond donors (Lipinski definition) is 1. The summed E-state index contributed by atoms with van der Waals surface area (Å²) in [7, 11) is 0. The molecule has 0 spiro atoms. The van der Waals surface area contributed by atoms with Gasteiger partial charge in [-0.25, -0.2) is 0 Å². The van der Waals surface area contributed by atoms with E-state index < -0.39 is 16.8 Å².